The number of rotatable bonds is 5. The molecule has 0 aromatic carbocycles. The summed E-state index contributed by atoms with van der Waals surface area (Å²) in [5, 5.41) is 7.66. The maximum Gasteiger partial charge on any atom is 0.319 e. The van der Waals surface area contributed by atoms with Crippen LogP contribution in [-0.4, -0.2) is 65.2 Å². The molecule has 0 spiro atoms. The summed E-state index contributed by atoms with van der Waals surface area (Å²) < 4.78 is 1.76. The highest BCUT2D eigenvalue weighted by atomic mass is 35.5. The zero-order chi connectivity index (χ0) is 16.8. The molecule has 0 radical (unpaired) electrons. The number of aryl methyl sites for hydroxylation is 1. The third kappa shape index (κ3) is 5.13. The summed E-state index contributed by atoms with van der Waals surface area (Å²) in [6, 6.07) is -0.0296. The third-order valence-electron chi connectivity index (χ3n) is 3.91. The summed E-state index contributed by atoms with van der Waals surface area (Å²) in [4.78, 5) is 27.5. The largest absolute Gasteiger partial charge is 0.356 e. The highest BCUT2D eigenvalue weighted by Crippen LogP contribution is 2.17. The lowest BCUT2D eigenvalue weighted by atomic mass is 9.97. The average Bonchev–Trinajstić information content (AvgIpc) is 2.96. The molecule has 128 valence electrons. The second-order valence-corrected chi connectivity index (χ2v) is 6.46. The van der Waals surface area contributed by atoms with Crippen LogP contribution in [-0.2, 0) is 11.3 Å². The van der Waals surface area contributed by atoms with Crippen LogP contribution < -0.4 is 5.32 Å². The Morgan fingerprint density at radius 2 is 2.26 bits per heavy atom. The second kappa shape index (κ2) is 8.19. The summed E-state index contributed by atoms with van der Waals surface area (Å²) in [5.41, 5.74) is 0. The first-order valence-electron chi connectivity index (χ1n) is 7.89. The topological polar surface area (TPSA) is 70.5 Å². The minimum Gasteiger partial charge on any atom is -0.356 e. The predicted molar refractivity (Wildman–Crippen MR) is 88.2 cm³/mol. The quantitative estimate of drug-likeness (QED) is 0.824. The molecule has 0 saturated carbocycles. The van der Waals surface area contributed by atoms with E-state index in [1.165, 1.54) is 0 Å². The molecule has 0 unspecified atom stereocenters. The Morgan fingerprint density at radius 1 is 1.48 bits per heavy atom. The van der Waals surface area contributed by atoms with E-state index >= 15 is 0 Å². The van der Waals surface area contributed by atoms with Gasteiger partial charge in [0.2, 0.25) is 5.91 Å². The second-order valence-electron chi connectivity index (χ2n) is 6.03. The lowest BCUT2D eigenvalue weighted by molar-refractivity contribution is -0.126. The highest BCUT2D eigenvalue weighted by molar-refractivity contribution is 6.30. The molecule has 1 aromatic heterocycles. The molecule has 2 heterocycles. The molecule has 7 nitrogen and oxygen atoms in total. The van der Waals surface area contributed by atoms with Crippen LogP contribution in [0.15, 0.2) is 12.4 Å². The fraction of sp³-hybridized carbons (Fsp3) is 0.667. The molecule has 1 aliphatic rings. The first-order chi connectivity index (χ1) is 11.0. The minimum atomic E-state index is -0.119. The van der Waals surface area contributed by atoms with Crippen molar-refractivity contribution in [3.05, 3.63) is 17.4 Å². The fourth-order valence-corrected chi connectivity index (χ4v) is 2.86. The van der Waals surface area contributed by atoms with E-state index in [1.807, 2.05) is 0 Å². The average molecular weight is 342 g/mol. The molecule has 3 amide bonds. The smallest absolute Gasteiger partial charge is 0.319 e. The maximum atomic E-state index is 12.2. The van der Waals surface area contributed by atoms with Gasteiger partial charge < -0.3 is 15.1 Å². The minimum absolute atomic E-state index is 0.0275. The van der Waals surface area contributed by atoms with E-state index in [1.54, 1.807) is 41.0 Å². The van der Waals surface area contributed by atoms with Crippen LogP contribution in [0.3, 0.4) is 0 Å². The lowest BCUT2D eigenvalue weighted by Crippen LogP contribution is -2.48. The number of urea groups is 1. The third-order valence-corrected chi connectivity index (χ3v) is 4.11. The number of nitrogens with zero attached hydrogens (tertiary/aromatic N) is 4. The van der Waals surface area contributed by atoms with Crippen molar-refractivity contribution in [2.24, 2.45) is 5.92 Å². The number of halogens is 1. The van der Waals surface area contributed by atoms with Crippen LogP contribution in [0, 0.1) is 5.92 Å². The Morgan fingerprint density at radius 3 is 2.91 bits per heavy atom. The molecular weight excluding hydrogens is 318 g/mol. The molecule has 1 fully saturated rings. The SMILES string of the molecule is CN(C)C(=O)N1CCC[C@@H](C(=O)NCCCn2cc(Cl)cn2)C1. The van der Waals surface area contributed by atoms with Crippen molar-refractivity contribution in [1.29, 1.82) is 0 Å². The zero-order valence-electron chi connectivity index (χ0n) is 13.7. The van der Waals surface area contributed by atoms with Gasteiger partial charge in [0.15, 0.2) is 0 Å². The zero-order valence-corrected chi connectivity index (χ0v) is 14.4. The van der Waals surface area contributed by atoms with E-state index in [0.717, 1.165) is 25.8 Å². The first kappa shape index (κ1) is 17.6. The number of hydrogen-bond acceptors (Lipinski definition) is 3. The van der Waals surface area contributed by atoms with E-state index in [4.69, 9.17) is 11.6 Å². The van der Waals surface area contributed by atoms with E-state index in [-0.39, 0.29) is 17.9 Å². The molecule has 1 aromatic rings. The Bertz CT molecular complexity index is 546. The van der Waals surface area contributed by atoms with Gasteiger partial charge in [0.05, 0.1) is 17.1 Å². The van der Waals surface area contributed by atoms with Gasteiger partial charge in [-0.3, -0.25) is 9.48 Å². The number of amides is 3. The van der Waals surface area contributed by atoms with Crippen LogP contribution in [0.5, 0.6) is 0 Å². The first-order valence-corrected chi connectivity index (χ1v) is 8.27. The molecule has 1 N–H and O–H groups in total. The summed E-state index contributed by atoms with van der Waals surface area (Å²) in [6.07, 6.45) is 5.84. The van der Waals surface area contributed by atoms with Gasteiger partial charge in [-0.1, -0.05) is 11.6 Å². The Kier molecular flexibility index (Phi) is 6.27. The molecule has 2 rings (SSSR count). The van der Waals surface area contributed by atoms with Crippen molar-refractivity contribution in [3.63, 3.8) is 0 Å². The Labute approximate surface area is 141 Å². The van der Waals surface area contributed by atoms with Gasteiger partial charge in [-0.15, -0.1) is 0 Å². The van der Waals surface area contributed by atoms with Crippen molar-refractivity contribution in [2.75, 3.05) is 33.7 Å². The van der Waals surface area contributed by atoms with Gasteiger partial charge in [0, 0.05) is 46.5 Å². The Balaban J connectivity index is 1.71. The number of aromatic nitrogens is 2. The van der Waals surface area contributed by atoms with Crippen LogP contribution in [0.1, 0.15) is 19.3 Å². The maximum absolute atomic E-state index is 12.2. The standard InChI is InChI=1S/C15H24ClN5O2/c1-19(2)15(23)20-7-3-5-12(10-20)14(22)17-6-4-8-21-11-13(16)9-18-21/h9,11-12H,3-8,10H2,1-2H3,(H,17,22)/t12-/m1/s1. The van der Waals surface area contributed by atoms with Gasteiger partial charge in [0.1, 0.15) is 0 Å². The summed E-state index contributed by atoms with van der Waals surface area (Å²) in [5.74, 6) is -0.0912. The van der Waals surface area contributed by atoms with Crippen LogP contribution >= 0.6 is 11.6 Å². The van der Waals surface area contributed by atoms with E-state index < -0.39 is 0 Å². The van der Waals surface area contributed by atoms with Crippen molar-refractivity contribution in [3.8, 4) is 0 Å². The van der Waals surface area contributed by atoms with Gasteiger partial charge in [-0.2, -0.15) is 5.10 Å². The molecule has 1 saturated heterocycles. The summed E-state index contributed by atoms with van der Waals surface area (Å²) in [6.45, 7) is 2.52. The van der Waals surface area contributed by atoms with E-state index in [9.17, 15) is 9.59 Å². The summed E-state index contributed by atoms with van der Waals surface area (Å²) >= 11 is 5.80. The van der Waals surface area contributed by atoms with Crippen LogP contribution in [0.2, 0.25) is 5.02 Å². The lowest BCUT2D eigenvalue weighted by Gasteiger charge is -2.33. The van der Waals surface area contributed by atoms with E-state index in [0.29, 0.717) is 24.7 Å². The van der Waals surface area contributed by atoms with Crippen molar-refractivity contribution < 1.29 is 9.59 Å². The molecule has 8 heteroatoms. The summed E-state index contributed by atoms with van der Waals surface area (Å²) in [7, 11) is 3.46. The molecule has 0 aliphatic carbocycles. The molecular formula is C15H24ClN5O2. The normalized spacial score (nSPS) is 17.9. The van der Waals surface area contributed by atoms with Crippen molar-refractivity contribution in [1.82, 2.24) is 24.9 Å². The Hall–Kier alpha value is -1.76. The van der Waals surface area contributed by atoms with Gasteiger partial charge in [-0.25, -0.2) is 4.79 Å². The van der Waals surface area contributed by atoms with Crippen molar-refractivity contribution in [2.45, 2.75) is 25.8 Å². The number of piperidine rings is 1. The predicted octanol–water partition coefficient (Wildman–Crippen LogP) is 1.44. The van der Waals surface area contributed by atoms with E-state index in [2.05, 4.69) is 10.4 Å². The fourth-order valence-electron chi connectivity index (χ4n) is 2.71. The molecule has 0 bridgehead atoms. The number of hydrogen-bond donors (Lipinski definition) is 1. The van der Waals surface area contributed by atoms with Gasteiger partial charge >= 0.3 is 6.03 Å². The number of carbonyl (C=O) groups excluding carboxylic acids is 2. The van der Waals surface area contributed by atoms with Crippen LogP contribution in [0.25, 0.3) is 0 Å². The number of carbonyl (C=O) groups is 2. The monoisotopic (exact) mass is 341 g/mol. The van der Waals surface area contributed by atoms with Gasteiger partial charge in [-0.05, 0) is 19.3 Å². The highest BCUT2D eigenvalue weighted by Gasteiger charge is 2.28. The van der Waals surface area contributed by atoms with Crippen molar-refractivity contribution >= 4 is 23.5 Å². The molecule has 1 aliphatic heterocycles. The molecule has 1 atom stereocenters. The van der Waals surface area contributed by atoms with Crippen LogP contribution in [0.4, 0.5) is 4.79 Å². The molecule has 23 heavy (non-hydrogen) atoms. The number of nitrogens with one attached hydrogen (secondary N) is 1. The number of likely N-dealkylation sites (tertiary alicyclic amines) is 1. The van der Waals surface area contributed by atoms with Gasteiger partial charge in [0.25, 0.3) is 0 Å².